The lowest BCUT2D eigenvalue weighted by Crippen LogP contribution is -2.29. The number of likely N-dealkylation sites (tertiary alicyclic amines) is 1. The molecule has 0 aliphatic carbocycles. The lowest BCUT2D eigenvalue weighted by molar-refractivity contribution is -0.133. The molecule has 1 N–H and O–H groups in total. The SMILES string of the molecule is O=C(Cc1c[nH]c2ccccc12)Oc1ccc(CN2CCCCC2)cc1. The Labute approximate surface area is 153 Å². The highest BCUT2D eigenvalue weighted by Crippen LogP contribution is 2.20. The smallest absolute Gasteiger partial charge is 0.315 e. The molecule has 1 aliphatic rings. The van der Waals surface area contributed by atoms with Crippen LogP contribution in [0.2, 0.25) is 0 Å². The van der Waals surface area contributed by atoms with Gasteiger partial charge in [0.05, 0.1) is 6.42 Å². The fourth-order valence-electron chi connectivity index (χ4n) is 3.64. The van der Waals surface area contributed by atoms with Gasteiger partial charge in [-0.05, 0) is 55.3 Å². The maximum Gasteiger partial charge on any atom is 0.315 e. The van der Waals surface area contributed by atoms with Gasteiger partial charge in [0.15, 0.2) is 0 Å². The number of esters is 1. The predicted octanol–water partition coefficient (Wildman–Crippen LogP) is 4.30. The van der Waals surface area contributed by atoms with Crippen LogP contribution in [0, 0.1) is 0 Å². The van der Waals surface area contributed by atoms with E-state index in [1.807, 2.05) is 42.6 Å². The molecule has 3 aromatic rings. The number of aromatic nitrogens is 1. The van der Waals surface area contributed by atoms with Crippen LogP contribution in [-0.2, 0) is 17.8 Å². The normalized spacial score (nSPS) is 15.2. The van der Waals surface area contributed by atoms with Crippen LogP contribution in [0.15, 0.2) is 54.7 Å². The third-order valence-electron chi connectivity index (χ3n) is 5.02. The number of aromatic amines is 1. The number of fused-ring (bicyclic) bond motifs is 1. The third kappa shape index (κ3) is 3.97. The lowest BCUT2D eigenvalue weighted by Gasteiger charge is -2.26. The van der Waals surface area contributed by atoms with Gasteiger partial charge in [-0.3, -0.25) is 9.69 Å². The van der Waals surface area contributed by atoms with Crippen molar-refractivity contribution >= 4 is 16.9 Å². The van der Waals surface area contributed by atoms with E-state index in [1.165, 1.54) is 37.9 Å². The summed E-state index contributed by atoms with van der Waals surface area (Å²) in [5.41, 5.74) is 3.27. The minimum absolute atomic E-state index is 0.237. The number of nitrogens with one attached hydrogen (secondary N) is 1. The molecule has 1 fully saturated rings. The quantitative estimate of drug-likeness (QED) is 0.552. The highest BCUT2D eigenvalue weighted by atomic mass is 16.5. The van der Waals surface area contributed by atoms with Crippen LogP contribution < -0.4 is 4.74 Å². The Morgan fingerprint density at radius 2 is 1.77 bits per heavy atom. The summed E-state index contributed by atoms with van der Waals surface area (Å²) >= 11 is 0. The van der Waals surface area contributed by atoms with Gasteiger partial charge in [0.2, 0.25) is 0 Å². The molecule has 2 heterocycles. The Bertz CT molecular complexity index is 877. The first-order chi connectivity index (χ1) is 12.8. The number of carbonyl (C=O) groups is 1. The fourth-order valence-corrected chi connectivity index (χ4v) is 3.64. The minimum atomic E-state index is -0.237. The first-order valence-electron chi connectivity index (χ1n) is 9.35. The summed E-state index contributed by atoms with van der Waals surface area (Å²) < 4.78 is 5.52. The molecule has 4 heteroatoms. The molecule has 26 heavy (non-hydrogen) atoms. The second kappa shape index (κ2) is 7.75. The van der Waals surface area contributed by atoms with E-state index in [1.54, 1.807) is 0 Å². The highest BCUT2D eigenvalue weighted by Gasteiger charge is 2.12. The molecule has 4 rings (SSSR count). The molecule has 0 spiro atoms. The molecule has 1 aliphatic heterocycles. The Morgan fingerprint density at radius 3 is 2.58 bits per heavy atom. The Balaban J connectivity index is 1.35. The third-order valence-corrected chi connectivity index (χ3v) is 5.02. The van der Waals surface area contributed by atoms with E-state index < -0.39 is 0 Å². The molecule has 0 amide bonds. The monoisotopic (exact) mass is 348 g/mol. The van der Waals surface area contributed by atoms with Crippen molar-refractivity contribution in [2.75, 3.05) is 13.1 Å². The molecule has 0 unspecified atom stereocenters. The molecule has 2 aromatic carbocycles. The number of nitrogens with zero attached hydrogens (tertiary/aromatic N) is 1. The van der Waals surface area contributed by atoms with Crippen molar-refractivity contribution in [2.24, 2.45) is 0 Å². The molecule has 0 bridgehead atoms. The Kier molecular flexibility index (Phi) is 5.02. The minimum Gasteiger partial charge on any atom is -0.426 e. The second-order valence-electron chi connectivity index (χ2n) is 6.99. The van der Waals surface area contributed by atoms with Gasteiger partial charge in [0, 0.05) is 23.6 Å². The summed E-state index contributed by atoms with van der Waals surface area (Å²) in [6.45, 7) is 3.34. The highest BCUT2D eigenvalue weighted by molar-refractivity contribution is 5.87. The number of hydrogen-bond donors (Lipinski definition) is 1. The number of benzene rings is 2. The van der Waals surface area contributed by atoms with Crippen molar-refractivity contribution in [3.8, 4) is 5.75 Å². The molecule has 1 saturated heterocycles. The van der Waals surface area contributed by atoms with Crippen molar-refractivity contribution in [1.82, 2.24) is 9.88 Å². The Morgan fingerprint density at radius 1 is 1.00 bits per heavy atom. The van der Waals surface area contributed by atoms with E-state index in [9.17, 15) is 4.79 Å². The summed E-state index contributed by atoms with van der Waals surface area (Å²) in [7, 11) is 0. The number of H-pyrrole nitrogens is 1. The number of para-hydroxylation sites is 1. The first kappa shape index (κ1) is 16.9. The van der Waals surface area contributed by atoms with Crippen LogP contribution in [0.1, 0.15) is 30.4 Å². The van der Waals surface area contributed by atoms with Crippen LogP contribution in [0.25, 0.3) is 10.9 Å². The van der Waals surface area contributed by atoms with E-state index in [-0.39, 0.29) is 12.4 Å². The van der Waals surface area contributed by atoms with E-state index in [0.717, 1.165) is 23.0 Å². The van der Waals surface area contributed by atoms with Crippen LogP contribution in [0.5, 0.6) is 5.75 Å². The van der Waals surface area contributed by atoms with Gasteiger partial charge in [0.1, 0.15) is 5.75 Å². The molecule has 4 nitrogen and oxygen atoms in total. The standard InChI is InChI=1S/C22H24N2O2/c25-22(14-18-15-23-21-7-3-2-6-20(18)21)26-19-10-8-17(9-11-19)16-24-12-4-1-5-13-24/h2-3,6-11,15,23H,1,4-5,12-14,16H2. The summed E-state index contributed by atoms with van der Waals surface area (Å²) in [5, 5.41) is 1.07. The van der Waals surface area contributed by atoms with Crippen LogP contribution >= 0.6 is 0 Å². The molecule has 134 valence electrons. The van der Waals surface area contributed by atoms with Crippen LogP contribution in [-0.4, -0.2) is 28.9 Å². The number of piperidine rings is 1. The molecule has 0 atom stereocenters. The van der Waals surface area contributed by atoms with Gasteiger partial charge in [-0.25, -0.2) is 0 Å². The van der Waals surface area contributed by atoms with Crippen molar-refractivity contribution in [3.63, 3.8) is 0 Å². The van der Waals surface area contributed by atoms with Gasteiger partial charge >= 0.3 is 5.97 Å². The predicted molar refractivity (Wildman–Crippen MR) is 103 cm³/mol. The largest absolute Gasteiger partial charge is 0.426 e. The molecule has 0 saturated carbocycles. The van der Waals surface area contributed by atoms with Gasteiger partial charge in [0.25, 0.3) is 0 Å². The topological polar surface area (TPSA) is 45.3 Å². The van der Waals surface area contributed by atoms with Gasteiger partial charge in [-0.15, -0.1) is 0 Å². The zero-order valence-corrected chi connectivity index (χ0v) is 14.9. The average Bonchev–Trinajstić information content (AvgIpc) is 3.07. The van der Waals surface area contributed by atoms with Crippen molar-refractivity contribution < 1.29 is 9.53 Å². The molecule has 0 radical (unpaired) electrons. The van der Waals surface area contributed by atoms with E-state index in [0.29, 0.717) is 5.75 Å². The number of rotatable bonds is 5. The summed E-state index contributed by atoms with van der Waals surface area (Å²) in [5.74, 6) is 0.371. The first-order valence-corrected chi connectivity index (χ1v) is 9.35. The maximum atomic E-state index is 12.3. The molecular weight excluding hydrogens is 324 g/mol. The number of hydrogen-bond acceptors (Lipinski definition) is 3. The van der Waals surface area contributed by atoms with Gasteiger partial charge in [-0.2, -0.15) is 0 Å². The van der Waals surface area contributed by atoms with Gasteiger partial charge in [-0.1, -0.05) is 36.8 Å². The lowest BCUT2D eigenvalue weighted by atomic mass is 10.1. The summed E-state index contributed by atoms with van der Waals surface area (Å²) in [6, 6.07) is 15.9. The number of ether oxygens (including phenoxy) is 1. The van der Waals surface area contributed by atoms with E-state index in [4.69, 9.17) is 4.74 Å². The average molecular weight is 348 g/mol. The second-order valence-corrected chi connectivity index (χ2v) is 6.99. The zero-order chi connectivity index (χ0) is 17.8. The molecular formula is C22H24N2O2. The number of carbonyl (C=O) groups excluding carboxylic acids is 1. The fraction of sp³-hybridized carbons (Fsp3) is 0.318. The van der Waals surface area contributed by atoms with Crippen molar-refractivity contribution in [3.05, 3.63) is 65.9 Å². The maximum absolute atomic E-state index is 12.3. The summed E-state index contributed by atoms with van der Waals surface area (Å²) in [4.78, 5) is 18.0. The molecule has 1 aromatic heterocycles. The van der Waals surface area contributed by atoms with Gasteiger partial charge < -0.3 is 9.72 Å². The van der Waals surface area contributed by atoms with Crippen LogP contribution in [0.4, 0.5) is 0 Å². The van der Waals surface area contributed by atoms with E-state index >= 15 is 0 Å². The van der Waals surface area contributed by atoms with E-state index in [2.05, 4.69) is 22.0 Å². The van der Waals surface area contributed by atoms with Crippen molar-refractivity contribution in [2.45, 2.75) is 32.2 Å². The summed E-state index contributed by atoms with van der Waals surface area (Å²) in [6.07, 6.45) is 6.09. The zero-order valence-electron chi connectivity index (χ0n) is 14.9. The Hall–Kier alpha value is -2.59. The van der Waals surface area contributed by atoms with Crippen LogP contribution in [0.3, 0.4) is 0 Å². The van der Waals surface area contributed by atoms with Crippen molar-refractivity contribution in [1.29, 1.82) is 0 Å².